The average Bonchev–Trinajstić information content (AvgIpc) is 2.98. The summed E-state index contributed by atoms with van der Waals surface area (Å²) in [6.07, 6.45) is 1.08. The zero-order valence-corrected chi connectivity index (χ0v) is 16.6. The highest BCUT2D eigenvalue weighted by Gasteiger charge is 2.37. The molecule has 0 aliphatic carbocycles. The summed E-state index contributed by atoms with van der Waals surface area (Å²) in [5, 5.41) is 15.3. The Labute approximate surface area is 164 Å². The molecule has 10 nitrogen and oxygen atoms in total. The van der Waals surface area contributed by atoms with Gasteiger partial charge in [0.25, 0.3) is 0 Å². The molecular formula is C18H30N6O4. The van der Waals surface area contributed by atoms with Crippen LogP contribution in [0.4, 0.5) is 10.6 Å². The Morgan fingerprint density at radius 2 is 1.96 bits per heavy atom. The number of hydrogen-bond acceptors (Lipinski definition) is 7. The number of rotatable bonds is 4. The number of anilines is 1. The molecule has 0 saturated carbocycles. The number of aryl methyl sites for hydroxylation is 1. The highest BCUT2D eigenvalue weighted by molar-refractivity contribution is 5.76. The molecule has 28 heavy (non-hydrogen) atoms. The molecule has 1 atom stereocenters. The number of ether oxygens (including phenoxy) is 1. The normalized spacial score (nSPS) is 23.7. The minimum atomic E-state index is -0.951. The first-order valence-electron chi connectivity index (χ1n) is 9.65. The van der Waals surface area contributed by atoms with E-state index in [2.05, 4.69) is 10.00 Å². The number of methoxy groups -OCH3 is 1. The average molecular weight is 394 g/mol. The smallest absolute Gasteiger partial charge is 0.409 e. The number of β-amino-alcohol motifs (C(OH)–C–C–N with tert-alkyl or cyclic N) is 1. The molecule has 1 aromatic heterocycles. The van der Waals surface area contributed by atoms with E-state index in [1.807, 2.05) is 6.92 Å². The summed E-state index contributed by atoms with van der Waals surface area (Å²) in [6.45, 7) is 5.80. The fraction of sp³-hybridized carbons (Fsp3) is 0.722. The maximum atomic E-state index is 12.7. The lowest BCUT2D eigenvalue weighted by Gasteiger charge is -2.43. The van der Waals surface area contributed by atoms with Gasteiger partial charge >= 0.3 is 6.09 Å². The first-order valence-corrected chi connectivity index (χ1v) is 9.65. The van der Waals surface area contributed by atoms with Crippen molar-refractivity contribution in [2.24, 2.45) is 0 Å². The number of nitrogens with zero attached hydrogens (tertiary/aromatic N) is 5. The first kappa shape index (κ1) is 20.4. The van der Waals surface area contributed by atoms with Crippen molar-refractivity contribution in [3.63, 3.8) is 0 Å². The number of piperidine rings is 1. The van der Waals surface area contributed by atoms with Gasteiger partial charge in [-0.2, -0.15) is 5.10 Å². The van der Waals surface area contributed by atoms with Crippen molar-refractivity contribution in [1.29, 1.82) is 0 Å². The zero-order chi connectivity index (χ0) is 20.3. The van der Waals surface area contributed by atoms with Gasteiger partial charge in [-0.3, -0.25) is 9.69 Å². The number of carbonyl (C=O) groups is 2. The third-order valence-corrected chi connectivity index (χ3v) is 5.45. The number of amides is 2. The van der Waals surface area contributed by atoms with Gasteiger partial charge < -0.3 is 25.4 Å². The number of nitrogens with two attached hydrogens (primary N) is 1. The van der Waals surface area contributed by atoms with Crippen LogP contribution in [0.25, 0.3) is 0 Å². The highest BCUT2D eigenvalue weighted by atomic mass is 16.5. The predicted molar refractivity (Wildman–Crippen MR) is 103 cm³/mol. The van der Waals surface area contributed by atoms with Crippen LogP contribution in [0.2, 0.25) is 0 Å². The molecule has 0 aromatic carbocycles. The lowest BCUT2D eigenvalue weighted by atomic mass is 9.91. The van der Waals surface area contributed by atoms with E-state index in [0.29, 0.717) is 58.1 Å². The maximum absolute atomic E-state index is 12.7. The van der Waals surface area contributed by atoms with E-state index in [0.717, 1.165) is 12.1 Å². The minimum absolute atomic E-state index is 0.0769. The standard InChI is InChI=1S/C18H30N6O4/c1-14-10-15(19)24(20-14)11-16(25)23-5-3-4-18(27,13-23)12-21-6-8-22(9-7-21)17(26)28-2/h10,27H,3-9,11-13,19H2,1-2H3. The van der Waals surface area contributed by atoms with Crippen LogP contribution < -0.4 is 5.73 Å². The SMILES string of the molecule is COC(=O)N1CCN(CC2(O)CCCN(C(=O)Cn3nc(C)cc3N)C2)CC1. The molecule has 3 rings (SSSR count). The van der Waals surface area contributed by atoms with Crippen molar-refractivity contribution in [2.75, 3.05) is 58.7 Å². The van der Waals surface area contributed by atoms with Crippen LogP contribution in [0.5, 0.6) is 0 Å². The van der Waals surface area contributed by atoms with Crippen LogP contribution >= 0.6 is 0 Å². The Morgan fingerprint density at radius 3 is 2.57 bits per heavy atom. The summed E-state index contributed by atoms with van der Waals surface area (Å²) < 4.78 is 6.25. The summed E-state index contributed by atoms with van der Waals surface area (Å²) in [6, 6.07) is 1.73. The van der Waals surface area contributed by atoms with Crippen LogP contribution in [-0.4, -0.2) is 100 Å². The summed E-state index contributed by atoms with van der Waals surface area (Å²) in [4.78, 5) is 29.8. The second kappa shape index (κ2) is 8.36. The number of carbonyl (C=O) groups excluding carboxylic acids is 2. The Bertz CT molecular complexity index is 715. The fourth-order valence-electron chi connectivity index (χ4n) is 4.01. The third-order valence-electron chi connectivity index (χ3n) is 5.45. The molecule has 2 aliphatic rings. The summed E-state index contributed by atoms with van der Waals surface area (Å²) in [7, 11) is 1.38. The predicted octanol–water partition coefficient (Wildman–Crippen LogP) is -0.489. The molecule has 2 aliphatic heterocycles. The molecule has 1 aromatic rings. The van der Waals surface area contributed by atoms with E-state index in [1.54, 1.807) is 15.9 Å². The molecule has 156 valence electrons. The Hall–Kier alpha value is -2.33. The van der Waals surface area contributed by atoms with Crippen LogP contribution in [-0.2, 0) is 16.1 Å². The molecular weight excluding hydrogens is 364 g/mol. The van der Waals surface area contributed by atoms with Crippen molar-refractivity contribution < 1.29 is 19.4 Å². The van der Waals surface area contributed by atoms with Gasteiger partial charge in [0.2, 0.25) is 5.91 Å². The lowest BCUT2D eigenvalue weighted by Crippen LogP contribution is -2.59. The van der Waals surface area contributed by atoms with E-state index < -0.39 is 5.60 Å². The van der Waals surface area contributed by atoms with Crippen molar-refractivity contribution in [2.45, 2.75) is 31.9 Å². The van der Waals surface area contributed by atoms with Gasteiger partial charge in [-0.1, -0.05) is 0 Å². The number of nitrogen functional groups attached to an aromatic ring is 1. The molecule has 3 heterocycles. The summed E-state index contributed by atoms with van der Waals surface area (Å²) in [5.74, 6) is 0.366. The molecule has 3 N–H and O–H groups in total. The second-order valence-electron chi connectivity index (χ2n) is 7.74. The minimum Gasteiger partial charge on any atom is -0.453 e. The second-order valence-corrected chi connectivity index (χ2v) is 7.74. The summed E-state index contributed by atoms with van der Waals surface area (Å²) >= 11 is 0. The fourth-order valence-corrected chi connectivity index (χ4v) is 4.01. The Morgan fingerprint density at radius 1 is 1.25 bits per heavy atom. The van der Waals surface area contributed by atoms with Gasteiger partial charge in [0.05, 0.1) is 24.9 Å². The van der Waals surface area contributed by atoms with E-state index in [9.17, 15) is 14.7 Å². The van der Waals surface area contributed by atoms with Gasteiger partial charge in [0.15, 0.2) is 0 Å². The number of aromatic nitrogens is 2. The molecule has 1 unspecified atom stereocenters. The van der Waals surface area contributed by atoms with E-state index in [4.69, 9.17) is 10.5 Å². The van der Waals surface area contributed by atoms with Gasteiger partial charge in [0, 0.05) is 45.3 Å². The molecule has 0 bridgehead atoms. The van der Waals surface area contributed by atoms with Crippen LogP contribution in [0, 0.1) is 6.92 Å². The Kier molecular flexibility index (Phi) is 6.09. The molecule has 10 heteroatoms. The van der Waals surface area contributed by atoms with Crippen LogP contribution in [0.1, 0.15) is 18.5 Å². The van der Waals surface area contributed by atoms with Crippen molar-refractivity contribution in [3.8, 4) is 0 Å². The molecule has 2 saturated heterocycles. The quantitative estimate of drug-likeness (QED) is 0.708. The van der Waals surface area contributed by atoms with Gasteiger partial charge in [-0.15, -0.1) is 0 Å². The largest absolute Gasteiger partial charge is 0.453 e. The van der Waals surface area contributed by atoms with Gasteiger partial charge in [0.1, 0.15) is 12.4 Å². The van der Waals surface area contributed by atoms with E-state index >= 15 is 0 Å². The van der Waals surface area contributed by atoms with Gasteiger partial charge in [-0.25, -0.2) is 9.48 Å². The lowest BCUT2D eigenvalue weighted by molar-refractivity contribution is -0.140. The number of hydrogen-bond donors (Lipinski definition) is 2. The number of aliphatic hydroxyl groups is 1. The molecule has 2 fully saturated rings. The zero-order valence-electron chi connectivity index (χ0n) is 16.6. The van der Waals surface area contributed by atoms with Gasteiger partial charge in [-0.05, 0) is 19.8 Å². The van der Waals surface area contributed by atoms with E-state index in [-0.39, 0.29) is 18.5 Å². The monoisotopic (exact) mass is 394 g/mol. The number of piperazine rings is 1. The maximum Gasteiger partial charge on any atom is 0.409 e. The molecule has 2 amide bonds. The number of likely N-dealkylation sites (tertiary alicyclic amines) is 1. The van der Waals surface area contributed by atoms with E-state index in [1.165, 1.54) is 11.8 Å². The topological polar surface area (TPSA) is 117 Å². The molecule has 0 radical (unpaired) electrons. The summed E-state index contributed by atoms with van der Waals surface area (Å²) in [5.41, 5.74) is 5.69. The Balaban J connectivity index is 1.54. The van der Waals surface area contributed by atoms with Crippen molar-refractivity contribution in [1.82, 2.24) is 24.5 Å². The first-order chi connectivity index (χ1) is 13.3. The third kappa shape index (κ3) is 4.74. The van der Waals surface area contributed by atoms with Crippen molar-refractivity contribution in [3.05, 3.63) is 11.8 Å². The molecule has 0 spiro atoms. The van der Waals surface area contributed by atoms with Crippen molar-refractivity contribution >= 4 is 17.8 Å². The highest BCUT2D eigenvalue weighted by Crippen LogP contribution is 2.23. The van der Waals surface area contributed by atoms with Crippen LogP contribution in [0.15, 0.2) is 6.07 Å². The van der Waals surface area contributed by atoms with Crippen LogP contribution in [0.3, 0.4) is 0 Å².